The van der Waals surface area contributed by atoms with Crippen LogP contribution < -0.4 is 5.32 Å². The molecule has 1 unspecified atom stereocenters. The average Bonchev–Trinajstić information content (AvgIpc) is 2.20. The first-order valence-corrected chi connectivity index (χ1v) is 4.81. The lowest BCUT2D eigenvalue weighted by molar-refractivity contribution is -0.386. The SMILES string of the molecule is CNC(C)Cc1ncc(C)cc1[N+](=O)[O-]. The van der Waals surface area contributed by atoms with Crippen molar-refractivity contribution in [3.8, 4) is 0 Å². The van der Waals surface area contributed by atoms with E-state index in [4.69, 9.17) is 0 Å². The van der Waals surface area contributed by atoms with Gasteiger partial charge in [0.25, 0.3) is 5.69 Å². The van der Waals surface area contributed by atoms with Crippen LogP contribution in [-0.4, -0.2) is 23.0 Å². The Kier molecular flexibility index (Phi) is 3.74. The lowest BCUT2D eigenvalue weighted by Crippen LogP contribution is -2.24. The van der Waals surface area contributed by atoms with Crippen molar-refractivity contribution in [2.75, 3.05) is 7.05 Å². The molecule has 1 aromatic heterocycles. The minimum absolute atomic E-state index is 0.108. The predicted octanol–water partition coefficient (Wildman–Crippen LogP) is 1.45. The Morgan fingerprint density at radius 2 is 2.33 bits per heavy atom. The van der Waals surface area contributed by atoms with Crippen LogP contribution in [-0.2, 0) is 6.42 Å². The second kappa shape index (κ2) is 4.84. The van der Waals surface area contributed by atoms with E-state index in [1.54, 1.807) is 19.2 Å². The lowest BCUT2D eigenvalue weighted by Gasteiger charge is -2.09. The molecule has 0 saturated carbocycles. The molecule has 0 aliphatic heterocycles. The lowest BCUT2D eigenvalue weighted by atomic mass is 10.1. The van der Waals surface area contributed by atoms with Crippen LogP contribution in [0.1, 0.15) is 18.2 Å². The molecule has 1 rings (SSSR count). The van der Waals surface area contributed by atoms with Gasteiger partial charge in [-0.3, -0.25) is 15.1 Å². The molecule has 1 heterocycles. The first-order chi connectivity index (χ1) is 7.04. The van der Waals surface area contributed by atoms with Gasteiger partial charge < -0.3 is 5.32 Å². The van der Waals surface area contributed by atoms with Gasteiger partial charge in [0.2, 0.25) is 0 Å². The van der Waals surface area contributed by atoms with Crippen molar-refractivity contribution in [1.82, 2.24) is 10.3 Å². The van der Waals surface area contributed by atoms with Gasteiger partial charge in [-0.1, -0.05) is 0 Å². The topological polar surface area (TPSA) is 68.1 Å². The molecule has 0 saturated heterocycles. The molecule has 1 N–H and O–H groups in total. The van der Waals surface area contributed by atoms with Gasteiger partial charge in [-0.25, -0.2) is 0 Å². The zero-order valence-corrected chi connectivity index (χ0v) is 9.15. The van der Waals surface area contributed by atoms with Crippen molar-refractivity contribution < 1.29 is 4.92 Å². The maximum Gasteiger partial charge on any atom is 0.291 e. The molecule has 0 spiro atoms. The minimum atomic E-state index is -0.377. The quantitative estimate of drug-likeness (QED) is 0.602. The summed E-state index contributed by atoms with van der Waals surface area (Å²) in [6.07, 6.45) is 2.22. The highest BCUT2D eigenvalue weighted by Gasteiger charge is 2.16. The van der Waals surface area contributed by atoms with E-state index in [9.17, 15) is 10.1 Å². The summed E-state index contributed by atoms with van der Waals surface area (Å²) in [5.74, 6) is 0. The van der Waals surface area contributed by atoms with Crippen LogP contribution in [0.15, 0.2) is 12.3 Å². The fourth-order valence-electron chi connectivity index (χ4n) is 1.29. The maximum absolute atomic E-state index is 10.8. The van der Waals surface area contributed by atoms with E-state index < -0.39 is 0 Å². The molecule has 1 atom stereocenters. The van der Waals surface area contributed by atoms with Crippen molar-refractivity contribution >= 4 is 5.69 Å². The van der Waals surface area contributed by atoms with Crippen LogP contribution in [0.4, 0.5) is 5.69 Å². The van der Waals surface area contributed by atoms with Crippen molar-refractivity contribution in [2.24, 2.45) is 0 Å². The number of hydrogen-bond acceptors (Lipinski definition) is 4. The summed E-state index contributed by atoms with van der Waals surface area (Å²) in [5.41, 5.74) is 1.45. The molecule has 0 bridgehead atoms. The Hall–Kier alpha value is -1.49. The summed E-state index contributed by atoms with van der Waals surface area (Å²) in [6.45, 7) is 3.76. The number of nitrogens with zero attached hydrogens (tertiary/aromatic N) is 2. The normalized spacial score (nSPS) is 12.5. The second-order valence-corrected chi connectivity index (χ2v) is 3.63. The number of aromatic nitrogens is 1. The molecule has 0 aliphatic carbocycles. The van der Waals surface area contributed by atoms with E-state index >= 15 is 0 Å². The summed E-state index contributed by atoms with van der Waals surface area (Å²) < 4.78 is 0. The molecule has 1 aromatic rings. The highest BCUT2D eigenvalue weighted by atomic mass is 16.6. The molecular formula is C10H15N3O2. The van der Waals surface area contributed by atoms with Crippen LogP contribution in [0.25, 0.3) is 0 Å². The van der Waals surface area contributed by atoms with Crippen LogP contribution in [0.5, 0.6) is 0 Å². The van der Waals surface area contributed by atoms with Crippen molar-refractivity contribution in [2.45, 2.75) is 26.3 Å². The van der Waals surface area contributed by atoms with Gasteiger partial charge in [0.15, 0.2) is 0 Å². The maximum atomic E-state index is 10.8. The third kappa shape index (κ3) is 2.99. The number of likely N-dealkylation sites (N-methyl/N-ethyl adjacent to an activating group) is 1. The van der Waals surface area contributed by atoms with E-state index in [0.717, 1.165) is 5.56 Å². The first-order valence-electron chi connectivity index (χ1n) is 4.81. The van der Waals surface area contributed by atoms with E-state index in [2.05, 4.69) is 10.3 Å². The Balaban J connectivity index is 3.01. The zero-order valence-electron chi connectivity index (χ0n) is 9.15. The van der Waals surface area contributed by atoms with Gasteiger partial charge in [0, 0.05) is 24.7 Å². The van der Waals surface area contributed by atoms with Gasteiger partial charge in [-0.15, -0.1) is 0 Å². The van der Waals surface area contributed by atoms with E-state index in [1.807, 2.05) is 14.0 Å². The third-order valence-corrected chi connectivity index (χ3v) is 2.27. The standard InChI is InChI=1S/C10H15N3O2/c1-7-4-10(13(14)15)9(12-6-7)5-8(2)11-3/h4,6,8,11H,5H2,1-3H3. The number of nitro groups is 1. The zero-order chi connectivity index (χ0) is 11.4. The third-order valence-electron chi connectivity index (χ3n) is 2.27. The van der Waals surface area contributed by atoms with Crippen LogP contribution in [0.2, 0.25) is 0 Å². The summed E-state index contributed by atoms with van der Waals surface area (Å²) in [6, 6.07) is 1.74. The highest BCUT2D eigenvalue weighted by molar-refractivity contribution is 5.38. The molecule has 0 aromatic carbocycles. The number of rotatable bonds is 4. The Morgan fingerprint density at radius 1 is 1.67 bits per heavy atom. The highest BCUT2D eigenvalue weighted by Crippen LogP contribution is 2.18. The Bertz CT molecular complexity index is 366. The minimum Gasteiger partial charge on any atom is -0.317 e. The first kappa shape index (κ1) is 11.6. The number of hydrogen-bond donors (Lipinski definition) is 1. The average molecular weight is 209 g/mol. The molecule has 0 aliphatic rings. The molecule has 0 amide bonds. The largest absolute Gasteiger partial charge is 0.317 e. The molecule has 5 nitrogen and oxygen atoms in total. The number of pyridine rings is 1. The monoisotopic (exact) mass is 209 g/mol. The number of aryl methyl sites for hydroxylation is 1. The summed E-state index contributed by atoms with van der Waals surface area (Å²) >= 11 is 0. The van der Waals surface area contributed by atoms with Gasteiger partial charge in [-0.05, 0) is 26.5 Å². The van der Waals surface area contributed by atoms with Crippen molar-refractivity contribution in [1.29, 1.82) is 0 Å². The smallest absolute Gasteiger partial charge is 0.291 e. The fraction of sp³-hybridized carbons (Fsp3) is 0.500. The van der Waals surface area contributed by atoms with Crippen molar-refractivity contribution in [3.63, 3.8) is 0 Å². The van der Waals surface area contributed by atoms with E-state index in [-0.39, 0.29) is 16.7 Å². The van der Waals surface area contributed by atoms with E-state index in [0.29, 0.717) is 12.1 Å². The van der Waals surface area contributed by atoms with Crippen molar-refractivity contribution in [3.05, 3.63) is 33.6 Å². The molecular weight excluding hydrogens is 194 g/mol. The molecule has 0 fully saturated rings. The summed E-state index contributed by atoms with van der Waals surface area (Å²) in [4.78, 5) is 14.5. The second-order valence-electron chi connectivity index (χ2n) is 3.63. The van der Waals surface area contributed by atoms with Crippen LogP contribution in [0, 0.1) is 17.0 Å². The van der Waals surface area contributed by atoms with Gasteiger partial charge in [-0.2, -0.15) is 0 Å². The predicted molar refractivity (Wildman–Crippen MR) is 57.9 cm³/mol. The summed E-state index contributed by atoms with van der Waals surface area (Å²) in [5, 5.41) is 13.8. The number of nitrogens with one attached hydrogen (secondary N) is 1. The Morgan fingerprint density at radius 3 is 2.87 bits per heavy atom. The summed E-state index contributed by atoms with van der Waals surface area (Å²) in [7, 11) is 1.82. The van der Waals surface area contributed by atoms with Gasteiger partial charge in [0.1, 0.15) is 5.69 Å². The molecule has 5 heteroatoms. The Labute approximate surface area is 88.7 Å². The van der Waals surface area contributed by atoms with Crippen LogP contribution in [0.3, 0.4) is 0 Å². The molecule has 15 heavy (non-hydrogen) atoms. The van der Waals surface area contributed by atoms with Gasteiger partial charge >= 0.3 is 0 Å². The van der Waals surface area contributed by atoms with Gasteiger partial charge in [0.05, 0.1) is 4.92 Å². The molecule has 0 radical (unpaired) electrons. The van der Waals surface area contributed by atoms with Crippen LogP contribution >= 0.6 is 0 Å². The van der Waals surface area contributed by atoms with E-state index in [1.165, 1.54) is 0 Å². The molecule has 82 valence electrons. The fourth-order valence-corrected chi connectivity index (χ4v) is 1.29.